The van der Waals surface area contributed by atoms with E-state index >= 15 is 0 Å². The number of hydrogen-bond acceptors (Lipinski definition) is 6. The smallest absolute Gasteiger partial charge is 0.316 e. The van der Waals surface area contributed by atoms with Gasteiger partial charge in [-0.1, -0.05) is 97.1 Å². The van der Waals surface area contributed by atoms with Gasteiger partial charge in [0.1, 0.15) is 22.6 Å². The lowest BCUT2D eigenvalue weighted by Crippen LogP contribution is -1.82. The zero-order chi connectivity index (χ0) is 26.2. The summed E-state index contributed by atoms with van der Waals surface area (Å²) in [6, 6.07) is 32.2. The Balaban J connectivity index is 0.00000144. The highest BCUT2D eigenvalue weighted by molar-refractivity contribution is 14.0. The normalized spacial score (nSPS) is 11.4. The van der Waals surface area contributed by atoms with Gasteiger partial charge in [-0.3, -0.25) is 0 Å². The van der Waals surface area contributed by atoms with Crippen LogP contribution in [0.4, 0.5) is 0 Å². The maximum absolute atomic E-state index is 5.02. The summed E-state index contributed by atoms with van der Waals surface area (Å²) in [5.41, 5.74) is 6.45. The van der Waals surface area contributed by atoms with Crippen LogP contribution in [0.5, 0.6) is 0 Å². The fraction of sp³-hybridized carbons (Fsp3) is 0. The molecular weight excluding hydrogens is 648 g/mol. The van der Waals surface area contributed by atoms with Crippen LogP contribution in [-0.4, -0.2) is 62.9 Å². The van der Waals surface area contributed by atoms with Gasteiger partial charge in [-0.25, -0.2) is 29.9 Å². The number of hydrogen-bond donors (Lipinski definition) is 2. The topological polar surface area (TPSA) is 109 Å². The first-order chi connectivity index (χ1) is 19.8. The van der Waals surface area contributed by atoms with Crippen LogP contribution >= 0.6 is 24.0 Å². The average Bonchev–Trinajstić information content (AvgIpc) is 3.73. The van der Waals surface area contributed by atoms with Crippen molar-refractivity contribution in [2.75, 3.05) is 0 Å². The Kier molecular flexibility index (Phi) is 6.48. The lowest BCUT2D eigenvalue weighted by Gasteiger charge is -1.96. The van der Waals surface area contributed by atoms with Gasteiger partial charge in [-0.05, 0) is 0 Å². The first-order valence-corrected chi connectivity index (χ1v) is 13.0. The molecule has 0 saturated heterocycles. The molecular formula is C32H21IMgN8. The van der Waals surface area contributed by atoms with E-state index in [0.29, 0.717) is 45.9 Å². The molecule has 2 aliphatic heterocycles. The lowest BCUT2D eigenvalue weighted by molar-refractivity contribution is 1.19. The van der Waals surface area contributed by atoms with Crippen molar-refractivity contribution in [2.45, 2.75) is 0 Å². The summed E-state index contributed by atoms with van der Waals surface area (Å²) >= 11 is 0. The molecule has 0 spiro atoms. The Labute approximate surface area is 271 Å². The van der Waals surface area contributed by atoms with Crippen molar-refractivity contribution in [1.29, 1.82) is 0 Å². The minimum absolute atomic E-state index is 0. The van der Waals surface area contributed by atoms with Crippen molar-refractivity contribution in [3.8, 4) is 45.6 Å². The van der Waals surface area contributed by atoms with Crippen LogP contribution in [0.3, 0.4) is 0 Å². The number of fused-ring (bicyclic) bond motifs is 20. The first kappa shape index (κ1) is 26.6. The van der Waals surface area contributed by atoms with E-state index < -0.39 is 0 Å². The van der Waals surface area contributed by atoms with Gasteiger partial charge in [0.2, 0.25) is 0 Å². The molecule has 7 aromatic rings. The van der Waals surface area contributed by atoms with Gasteiger partial charge < -0.3 is 9.97 Å². The molecule has 0 radical (unpaired) electrons. The summed E-state index contributed by atoms with van der Waals surface area (Å²) in [5, 5.41) is 3.82. The van der Waals surface area contributed by atoms with Crippen LogP contribution in [0, 0.1) is 0 Å². The van der Waals surface area contributed by atoms with Crippen LogP contribution in [0.15, 0.2) is 97.1 Å². The molecule has 10 heteroatoms. The van der Waals surface area contributed by atoms with Crippen molar-refractivity contribution in [3.05, 3.63) is 97.1 Å². The summed E-state index contributed by atoms with van der Waals surface area (Å²) in [5.74, 6) is 2.39. The minimum Gasteiger partial charge on any atom is -0.324 e. The van der Waals surface area contributed by atoms with E-state index in [4.69, 9.17) is 29.9 Å². The van der Waals surface area contributed by atoms with Gasteiger partial charge in [0.05, 0.1) is 0 Å². The number of benzene rings is 4. The van der Waals surface area contributed by atoms with Crippen LogP contribution in [-0.2, 0) is 0 Å². The largest absolute Gasteiger partial charge is 0.324 e. The van der Waals surface area contributed by atoms with Gasteiger partial charge in [-0.15, -0.1) is 24.0 Å². The van der Waals surface area contributed by atoms with Gasteiger partial charge in [-0.2, -0.15) is 0 Å². The van der Waals surface area contributed by atoms with E-state index in [2.05, 4.69) is 9.97 Å². The quantitative estimate of drug-likeness (QED) is 0.140. The Hall–Kier alpha value is -4.26. The SMILES string of the molecule is I.[MgH2].c1ccc2c(c1)-c1nc-2nc2[nH]c(nc3nc(nc4[nH]c(n1)c1ccccc41)-c1ccccc1-3)c1ccccc21. The maximum atomic E-state index is 5.02. The Morgan fingerprint density at radius 1 is 0.333 bits per heavy atom. The standard InChI is InChI=1S/C32H18N8.HI.Mg.2H/c1-2-10-18-17(9-1)25-33-26(18)38-28-21-13-5-6-14-22(21)30(35-28)40-32-24-16-8-7-15-23(24)31(36-32)39-29-20-12-4-3-11-19(20)27(34-29)37-25;;;;/h1-16H,(H2,33,34,35,36,37,38,39,40);1H;;;. The van der Waals surface area contributed by atoms with E-state index in [9.17, 15) is 0 Å². The third-order valence-electron chi connectivity index (χ3n) is 7.46. The number of nitrogens with one attached hydrogen (secondary N) is 2. The Morgan fingerprint density at radius 2 is 0.571 bits per heavy atom. The van der Waals surface area contributed by atoms with Gasteiger partial charge in [0.25, 0.3) is 0 Å². The number of aromatic nitrogens is 8. The van der Waals surface area contributed by atoms with Crippen molar-refractivity contribution >= 4 is 91.2 Å². The molecule has 0 aliphatic carbocycles. The van der Waals surface area contributed by atoms with E-state index in [-0.39, 0.29) is 47.0 Å². The number of aromatic amines is 2. The zero-order valence-electron chi connectivity index (χ0n) is 21.3. The molecule has 42 heavy (non-hydrogen) atoms. The molecule has 8 bridgehead atoms. The van der Waals surface area contributed by atoms with Crippen molar-refractivity contribution in [3.63, 3.8) is 0 Å². The number of nitrogens with zero attached hydrogens (tertiary/aromatic N) is 6. The molecule has 0 fully saturated rings. The fourth-order valence-electron chi connectivity index (χ4n) is 5.59. The molecule has 3 aromatic heterocycles. The zero-order valence-corrected chi connectivity index (χ0v) is 23.7. The van der Waals surface area contributed by atoms with Crippen LogP contribution in [0.1, 0.15) is 0 Å². The second-order valence-electron chi connectivity index (χ2n) is 9.79. The number of rotatable bonds is 0. The maximum Gasteiger partial charge on any atom is 0.316 e. The molecule has 8 nitrogen and oxygen atoms in total. The average molecular weight is 669 g/mol. The lowest BCUT2D eigenvalue weighted by atomic mass is 10.1. The molecule has 0 unspecified atom stereocenters. The number of H-pyrrole nitrogens is 2. The van der Waals surface area contributed by atoms with Crippen molar-refractivity contribution < 1.29 is 0 Å². The molecule has 198 valence electrons. The third-order valence-corrected chi connectivity index (χ3v) is 7.46. The van der Waals surface area contributed by atoms with Crippen LogP contribution in [0.25, 0.3) is 89.7 Å². The van der Waals surface area contributed by atoms with E-state index in [1.54, 1.807) is 0 Å². The van der Waals surface area contributed by atoms with E-state index in [1.165, 1.54) is 0 Å². The van der Waals surface area contributed by atoms with Crippen molar-refractivity contribution in [2.24, 2.45) is 0 Å². The van der Waals surface area contributed by atoms with E-state index in [1.807, 2.05) is 97.1 Å². The van der Waals surface area contributed by atoms with Crippen molar-refractivity contribution in [1.82, 2.24) is 39.9 Å². The second-order valence-corrected chi connectivity index (χ2v) is 9.79. The third kappa shape index (κ3) is 4.01. The Morgan fingerprint density at radius 3 is 0.833 bits per heavy atom. The highest BCUT2D eigenvalue weighted by Crippen LogP contribution is 2.36. The molecule has 0 amide bonds. The van der Waals surface area contributed by atoms with Gasteiger partial charge in [0, 0.05) is 43.8 Å². The molecule has 2 N–H and O–H groups in total. The monoisotopic (exact) mass is 668 g/mol. The molecule has 2 aliphatic rings. The van der Waals surface area contributed by atoms with Crippen LogP contribution in [0.2, 0.25) is 0 Å². The predicted octanol–water partition coefficient (Wildman–Crippen LogP) is 6.57. The predicted molar refractivity (Wildman–Crippen MR) is 180 cm³/mol. The highest BCUT2D eigenvalue weighted by atomic mass is 127. The fourth-order valence-corrected chi connectivity index (χ4v) is 5.59. The highest BCUT2D eigenvalue weighted by Gasteiger charge is 2.21. The molecule has 9 rings (SSSR count). The molecule has 0 atom stereocenters. The summed E-state index contributed by atoms with van der Waals surface area (Å²) in [7, 11) is 0. The number of halogens is 1. The summed E-state index contributed by atoms with van der Waals surface area (Å²) in [6.07, 6.45) is 0. The summed E-state index contributed by atoms with van der Waals surface area (Å²) < 4.78 is 0. The first-order valence-electron chi connectivity index (χ1n) is 13.0. The Bertz CT molecular complexity index is 2040. The molecule has 4 aromatic carbocycles. The second kappa shape index (κ2) is 10.2. The molecule has 5 heterocycles. The van der Waals surface area contributed by atoms with Gasteiger partial charge >= 0.3 is 23.1 Å². The minimum atomic E-state index is 0. The van der Waals surface area contributed by atoms with E-state index in [0.717, 1.165) is 43.8 Å². The van der Waals surface area contributed by atoms with Gasteiger partial charge in [0.15, 0.2) is 23.3 Å². The molecule has 0 saturated carbocycles. The summed E-state index contributed by atoms with van der Waals surface area (Å²) in [6.45, 7) is 0. The van der Waals surface area contributed by atoms with Crippen LogP contribution < -0.4 is 0 Å². The summed E-state index contributed by atoms with van der Waals surface area (Å²) in [4.78, 5) is 36.8.